The van der Waals surface area contributed by atoms with Crippen molar-refractivity contribution in [2.24, 2.45) is 5.73 Å². The molecule has 2 aromatic rings. The molecule has 10 atom stereocenters. The lowest BCUT2D eigenvalue weighted by Gasteiger charge is -2.29. The Hall–Kier alpha value is -2.46. The zero-order chi connectivity index (χ0) is 32.0. The van der Waals surface area contributed by atoms with E-state index in [9.17, 15) is 39.3 Å². The quantitative estimate of drug-likeness (QED) is 0.0950. The highest BCUT2D eigenvalue weighted by Gasteiger charge is 2.48. The van der Waals surface area contributed by atoms with E-state index in [0.29, 0.717) is 12.0 Å². The third-order valence-corrected chi connectivity index (χ3v) is 9.74. The number of hydrogen-bond donors (Lipinski definition) is 8. The van der Waals surface area contributed by atoms with Crippen LogP contribution in [0.25, 0.3) is 11.2 Å². The van der Waals surface area contributed by atoms with Crippen LogP contribution in [0.3, 0.4) is 0 Å². The van der Waals surface area contributed by atoms with Gasteiger partial charge in [-0.2, -0.15) is 4.31 Å². The highest BCUT2D eigenvalue weighted by atomic mass is 32.1. The molecule has 20 nitrogen and oxygen atoms in total. The van der Waals surface area contributed by atoms with Crippen LogP contribution in [0.2, 0.25) is 0 Å². The van der Waals surface area contributed by atoms with Crippen LogP contribution >= 0.6 is 27.9 Å². The SMILES string of the molecule is NC(=S)C1=CN(C2O[C@H](COP(=O)(O)OP(=O)(O)OC[C@H]3O[C@@H](n4cnc5c(N)ncnc54)[C@H](O)[C@@H]3O)[C@@H](O)[C@H]2O)C=CC1. The molecule has 2 aromatic heterocycles. The number of anilines is 1. The number of imidazole rings is 1. The number of allylic oxidation sites excluding steroid dienone is 1. The van der Waals surface area contributed by atoms with Crippen LogP contribution in [-0.4, -0.2) is 116 Å². The maximum absolute atomic E-state index is 12.4. The van der Waals surface area contributed by atoms with Crippen molar-refractivity contribution in [1.29, 1.82) is 0 Å². The zero-order valence-electron chi connectivity index (χ0n) is 22.4. The number of aromatic nitrogens is 4. The summed E-state index contributed by atoms with van der Waals surface area (Å²) in [4.78, 5) is 33.5. The van der Waals surface area contributed by atoms with E-state index in [0.717, 1.165) is 6.33 Å². The van der Waals surface area contributed by atoms with Crippen molar-refractivity contribution in [2.75, 3.05) is 18.9 Å². The van der Waals surface area contributed by atoms with Crippen molar-refractivity contribution in [3.63, 3.8) is 0 Å². The minimum atomic E-state index is -5.35. The van der Waals surface area contributed by atoms with E-state index in [1.807, 2.05) is 0 Å². The Kier molecular flexibility index (Phi) is 9.53. The lowest BCUT2D eigenvalue weighted by Crippen LogP contribution is -2.40. The van der Waals surface area contributed by atoms with Gasteiger partial charge in [0.1, 0.15) is 53.5 Å². The molecule has 0 aliphatic carbocycles. The maximum atomic E-state index is 12.4. The van der Waals surface area contributed by atoms with Crippen LogP contribution in [0.5, 0.6) is 0 Å². The molecule has 242 valence electrons. The van der Waals surface area contributed by atoms with E-state index < -0.39 is 77.9 Å². The molecule has 5 rings (SSSR count). The second-order valence-electron chi connectivity index (χ2n) is 9.84. The Morgan fingerprint density at radius 1 is 0.977 bits per heavy atom. The molecule has 0 spiro atoms. The van der Waals surface area contributed by atoms with E-state index in [1.54, 1.807) is 12.3 Å². The van der Waals surface area contributed by atoms with Gasteiger partial charge in [0, 0.05) is 18.0 Å². The molecule has 3 aliphatic rings. The molecule has 2 fully saturated rings. The molecule has 2 saturated heterocycles. The molecular weight excluding hydrogens is 652 g/mol. The van der Waals surface area contributed by atoms with Crippen molar-refractivity contribution < 1.29 is 62.2 Å². The number of aliphatic hydroxyl groups is 4. The summed E-state index contributed by atoms with van der Waals surface area (Å²) in [6.07, 6.45) is -3.91. The fourth-order valence-corrected chi connectivity index (χ4v) is 6.91. The molecule has 10 N–H and O–H groups in total. The molecule has 0 saturated carbocycles. The van der Waals surface area contributed by atoms with Gasteiger partial charge in [-0.1, -0.05) is 18.3 Å². The third-order valence-electron chi connectivity index (χ3n) is 6.88. The lowest BCUT2D eigenvalue weighted by atomic mass is 10.1. The second-order valence-corrected chi connectivity index (χ2v) is 13.3. The van der Waals surface area contributed by atoms with Crippen molar-refractivity contribution in [3.05, 3.63) is 36.7 Å². The standard InChI is InChI=1S/C21H29N7O13P2S/c22-17-12-19(25-7-24-17)28(8-26-12)21-16(32)14(30)11(40-21)6-38-43(35,36)41-42(33,34)37-5-10-13(29)15(31)20(39-10)27-3-1-2-9(4-27)18(23)44/h1,3-4,7-8,10-11,13-16,20-21,29-32H,2,5-6H2,(H2,23,44)(H,33,34)(H,35,36)(H2,22,24,25)/t10-,11-,13-,14-,15-,16-,20?,21-/m1/s1. The third kappa shape index (κ3) is 6.86. The summed E-state index contributed by atoms with van der Waals surface area (Å²) in [5.74, 6) is 0.0585. The van der Waals surface area contributed by atoms with Gasteiger partial charge in [0.2, 0.25) is 0 Å². The van der Waals surface area contributed by atoms with Gasteiger partial charge in [-0.3, -0.25) is 13.6 Å². The normalized spacial score (nSPS) is 33.3. The summed E-state index contributed by atoms with van der Waals surface area (Å²) in [6.45, 7) is -1.73. The molecule has 3 aliphatic heterocycles. The smallest absolute Gasteiger partial charge is 0.390 e. The van der Waals surface area contributed by atoms with Gasteiger partial charge in [0.05, 0.1) is 19.5 Å². The molecular formula is C21H29N7O13P2S. The van der Waals surface area contributed by atoms with Crippen LogP contribution in [-0.2, 0) is 32.0 Å². The Balaban J connectivity index is 1.15. The van der Waals surface area contributed by atoms with Crippen LogP contribution in [0.1, 0.15) is 12.6 Å². The number of phosphoric acid groups is 2. The van der Waals surface area contributed by atoms with Gasteiger partial charge in [0.15, 0.2) is 23.9 Å². The van der Waals surface area contributed by atoms with E-state index in [-0.39, 0.29) is 22.0 Å². The summed E-state index contributed by atoms with van der Waals surface area (Å²) < 4.78 is 51.0. The van der Waals surface area contributed by atoms with Crippen molar-refractivity contribution in [3.8, 4) is 0 Å². The van der Waals surface area contributed by atoms with Gasteiger partial charge < -0.3 is 56.1 Å². The van der Waals surface area contributed by atoms with Crippen LogP contribution in [0.15, 0.2) is 36.7 Å². The highest BCUT2D eigenvalue weighted by Crippen LogP contribution is 2.60. The number of nitrogen functional groups attached to an aromatic ring is 1. The largest absolute Gasteiger partial charge is 0.481 e. The average Bonchev–Trinajstić information content (AvgIpc) is 3.61. The first-order valence-electron chi connectivity index (χ1n) is 12.7. The highest BCUT2D eigenvalue weighted by molar-refractivity contribution is 7.80. The summed E-state index contributed by atoms with van der Waals surface area (Å²) >= 11 is 4.95. The first-order chi connectivity index (χ1) is 20.7. The van der Waals surface area contributed by atoms with Crippen LogP contribution in [0, 0.1) is 0 Å². The summed E-state index contributed by atoms with van der Waals surface area (Å²) in [5.41, 5.74) is 12.3. The monoisotopic (exact) mass is 681 g/mol. The number of aliphatic hydroxyl groups excluding tert-OH is 4. The lowest BCUT2D eigenvalue weighted by molar-refractivity contribution is -0.0651. The number of thiocarbonyl (C=S) groups is 1. The Morgan fingerprint density at radius 2 is 1.57 bits per heavy atom. The number of fused-ring (bicyclic) bond motifs is 1. The van der Waals surface area contributed by atoms with Gasteiger partial charge >= 0.3 is 15.6 Å². The van der Waals surface area contributed by atoms with Crippen LogP contribution < -0.4 is 11.5 Å². The Bertz CT molecular complexity index is 1560. The van der Waals surface area contributed by atoms with Gasteiger partial charge in [-0.05, 0) is 6.42 Å². The first kappa shape index (κ1) is 32.9. The topological polar surface area (TPSA) is 301 Å². The maximum Gasteiger partial charge on any atom is 0.481 e. The Morgan fingerprint density at radius 3 is 2.18 bits per heavy atom. The summed E-state index contributed by atoms with van der Waals surface area (Å²) in [6, 6.07) is 0. The minimum Gasteiger partial charge on any atom is -0.390 e. The minimum absolute atomic E-state index is 0.0585. The molecule has 23 heteroatoms. The van der Waals surface area contributed by atoms with Crippen LogP contribution in [0.4, 0.5) is 5.82 Å². The molecule has 0 bridgehead atoms. The summed E-state index contributed by atoms with van der Waals surface area (Å²) in [5, 5.41) is 41.8. The number of ether oxygens (including phenoxy) is 2. The summed E-state index contributed by atoms with van der Waals surface area (Å²) in [7, 11) is -10.7. The predicted octanol–water partition coefficient (Wildman–Crippen LogP) is -1.89. The Labute approximate surface area is 253 Å². The van der Waals surface area contributed by atoms with Gasteiger partial charge in [-0.15, -0.1) is 0 Å². The van der Waals surface area contributed by atoms with Crippen molar-refractivity contribution in [1.82, 2.24) is 24.4 Å². The molecule has 44 heavy (non-hydrogen) atoms. The van der Waals surface area contributed by atoms with E-state index >= 15 is 0 Å². The van der Waals surface area contributed by atoms with E-state index in [2.05, 4.69) is 19.3 Å². The number of rotatable bonds is 11. The zero-order valence-corrected chi connectivity index (χ0v) is 25.0. The molecule has 0 radical (unpaired) electrons. The first-order valence-corrected chi connectivity index (χ1v) is 16.1. The average molecular weight is 682 g/mol. The predicted molar refractivity (Wildman–Crippen MR) is 149 cm³/mol. The fourth-order valence-electron chi connectivity index (χ4n) is 4.68. The number of nitrogens with two attached hydrogens (primary N) is 2. The number of nitrogens with zero attached hydrogens (tertiary/aromatic N) is 5. The van der Waals surface area contributed by atoms with Gasteiger partial charge in [-0.25, -0.2) is 24.1 Å². The number of hydrogen-bond acceptors (Lipinski definition) is 17. The van der Waals surface area contributed by atoms with Gasteiger partial charge in [0.25, 0.3) is 0 Å². The van der Waals surface area contributed by atoms with E-state index in [1.165, 1.54) is 22.0 Å². The molecule has 0 amide bonds. The molecule has 0 aromatic carbocycles. The second kappa shape index (κ2) is 12.7. The van der Waals surface area contributed by atoms with Crippen molar-refractivity contribution in [2.45, 2.75) is 55.5 Å². The van der Waals surface area contributed by atoms with Crippen molar-refractivity contribution >= 4 is 49.8 Å². The number of phosphoric ester groups is 2. The molecule has 3 unspecified atom stereocenters. The fraction of sp³-hybridized carbons (Fsp3) is 0.524. The molecule has 5 heterocycles. The van der Waals surface area contributed by atoms with E-state index in [4.69, 9.17) is 42.2 Å².